The minimum atomic E-state index is -4.83. The van der Waals surface area contributed by atoms with Crippen LogP contribution in [0.5, 0.6) is 5.75 Å². The molecule has 12 heteroatoms. The Labute approximate surface area is 157 Å². The zero-order chi connectivity index (χ0) is 20.7. The molecule has 3 rings (SSSR count). The van der Waals surface area contributed by atoms with Crippen LogP contribution in [0.4, 0.5) is 4.39 Å². The summed E-state index contributed by atoms with van der Waals surface area (Å²) >= 11 is 0. The van der Waals surface area contributed by atoms with Crippen molar-refractivity contribution in [3.05, 3.63) is 62.9 Å². The molecule has 0 unspecified atom stereocenters. The molecule has 1 aromatic heterocycles. The Morgan fingerprint density at radius 1 is 1.32 bits per heavy atom. The van der Waals surface area contributed by atoms with Gasteiger partial charge in [-0.3, -0.25) is 24.1 Å². The summed E-state index contributed by atoms with van der Waals surface area (Å²) in [7, 11) is -4.83. The summed E-state index contributed by atoms with van der Waals surface area (Å²) in [5.41, 5.74) is -3.69. The van der Waals surface area contributed by atoms with Gasteiger partial charge in [0.05, 0.1) is 6.10 Å². The van der Waals surface area contributed by atoms with Crippen molar-refractivity contribution in [3.8, 4) is 5.75 Å². The van der Waals surface area contributed by atoms with E-state index in [1.165, 1.54) is 18.2 Å². The molecule has 2 heterocycles. The molecule has 4 N–H and O–H groups in total. The zero-order valence-electron chi connectivity index (χ0n) is 14.6. The molecule has 0 amide bonds. The minimum Gasteiger partial charge on any atom is -0.404 e. The van der Waals surface area contributed by atoms with E-state index in [9.17, 15) is 19.3 Å². The van der Waals surface area contributed by atoms with Gasteiger partial charge < -0.3 is 14.4 Å². The third-order valence-corrected chi connectivity index (χ3v) is 4.87. The van der Waals surface area contributed by atoms with Gasteiger partial charge in [0.2, 0.25) is 0 Å². The van der Waals surface area contributed by atoms with E-state index in [2.05, 4.69) is 4.52 Å². The lowest BCUT2D eigenvalue weighted by atomic mass is 9.94. The highest BCUT2D eigenvalue weighted by atomic mass is 31.2. The van der Waals surface area contributed by atoms with E-state index in [-0.39, 0.29) is 17.7 Å². The number of aliphatic hydroxyl groups is 1. The molecule has 1 aromatic carbocycles. The fourth-order valence-corrected chi connectivity index (χ4v) is 3.53. The smallest absolute Gasteiger partial charge is 0.404 e. The van der Waals surface area contributed by atoms with Crippen LogP contribution in [0.2, 0.25) is 0 Å². The first-order valence-electron chi connectivity index (χ1n) is 8.16. The van der Waals surface area contributed by atoms with Gasteiger partial charge in [0.25, 0.3) is 5.56 Å². The lowest BCUT2D eigenvalue weighted by Gasteiger charge is -2.24. The Kier molecular flexibility index (Phi) is 5.30. The van der Waals surface area contributed by atoms with E-state index in [1.807, 2.05) is 4.98 Å². The van der Waals surface area contributed by atoms with Crippen LogP contribution in [0.15, 0.2) is 46.1 Å². The van der Waals surface area contributed by atoms with Crippen LogP contribution in [0.25, 0.3) is 0 Å². The van der Waals surface area contributed by atoms with Crippen LogP contribution in [0.3, 0.4) is 0 Å². The van der Waals surface area contributed by atoms with E-state index >= 15 is 4.39 Å². The predicted molar refractivity (Wildman–Crippen MR) is 93.6 cm³/mol. The predicted octanol–water partition coefficient (Wildman–Crippen LogP) is 0.237. The number of hydrogen-bond donors (Lipinski definition) is 4. The van der Waals surface area contributed by atoms with Crippen LogP contribution in [0, 0.1) is 0 Å². The summed E-state index contributed by atoms with van der Waals surface area (Å²) in [5, 5.41) is 10.4. The standard InChI is InChI=1S/C16H18FN2O8P/c1-16(17)13(21)11(26-14(16)19-7-6-12(20)18-15(19)22)8-9-4-2-3-5-10(9)27-28(23,24)25/h2-7,11,13-14,21H,8H2,1H3,(H,18,20,22)(H2,23,24,25)/t11-,13-,14-,16-/m1/s1. The number of ether oxygens (including phenoxy) is 1. The molecule has 0 bridgehead atoms. The van der Waals surface area contributed by atoms with E-state index in [0.717, 1.165) is 23.8 Å². The summed E-state index contributed by atoms with van der Waals surface area (Å²) in [6.45, 7) is 1.05. The number of aliphatic hydroxyl groups excluding tert-OH is 1. The minimum absolute atomic E-state index is 0.142. The Morgan fingerprint density at radius 2 is 2.00 bits per heavy atom. The van der Waals surface area contributed by atoms with Crippen molar-refractivity contribution in [2.75, 3.05) is 0 Å². The largest absolute Gasteiger partial charge is 0.524 e. The molecule has 0 aliphatic carbocycles. The molecule has 2 aromatic rings. The molecule has 1 aliphatic rings. The molecule has 0 spiro atoms. The van der Waals surface area contributed by atoms with Gasteiger partial charge in [-0.2, -0.15) is 0 Å². The fraction of sp³-hybridized carbons (Fsp3) is 0.375. The fourth-order valence-electron chi connectivity index (χ4n) is 3.10. The van der Waals surface area contributed by atoms with Gasteiger partial charge in [0.1, 0.15) is 11.9 Å². The summed E-state index contributed by atoms with van der Waals surface area (Å²) < 4.78 is 37.3. The number of phosphoric ester groups is 1. The van der Waals surface area contributed by atoms with E-state index in [1.54, 1.807) is 6.07 Å². The zero-order valence-corrected chi connectivity index (χ0v) is 15.5. The topological polar surface area (TPSA) is 151 Å². The second kappa shape index (κ2) is 7.26. The Balaban J connectivity index is 1.90. The number of H-pyrrole nitrogens is 1. The number of halogens is 1. The Hall–Kier alpha value is -2.30. The van der Waals surface area contributed by atoms with Crippen molar-refractivity contribution in [3.63, 3.8) is 0 Å². The lowest BCUT2D eigenvalue weighted by molar-refractivity contribution is -0.0504. The molecule has 4 atom stereocenters. The van der Waals surface area contributed by atoms with Crippen LogP contribution in [0.1, 0.15) is 18.7 Å². The van der Waals surface area contributed by atoms with E-state index in [0.29, 0.717) is 0 Å². The average Bonchev–Trinajstić information content (AvgIpc) is 2.79. The second-order valence-electron chi connectivity index (χ2n) is 6.53. The maximum atomic E-state index is 15.2. The maximum absolute atomic E-state index is 15.2. The maximum Gasteiger partial charge on any atom is 0.524 e. The number of rotatable bonds is 5. The number of nitrogens with zero attached hydrogens (tertiary/aromatic N) is 1. The monoisotopic (exact) mass is 416 g/mol. The highest BCUT2D eigenvalue weighted by Gasteiger charge is 2.55. The van der Waals surface area contributed by atoms with Crippen molar-refractivity contribution in [1.82, 2.24) is 9.55 Å². The number of benzene rings is 1. The van der Waals surface area contributed by atoms with Gasteiger partial charge in [-0.25, -0.2) is 13.8 Å². The molecular formula is C16H18FN2O8P. The third-order valence-electron chi connectivity index (χ3n) is 4.43. The van der Waals surface area contributed by atoms with Gasteiger partial charge in [-0.15, -0.1) is 0 Å². The van der Waals surface area contributed by atoms with Gasteiger partial charge in [0.15, 0.2) is 11.9 Å². The molecule has 152 valence electrons. The number of alkyl halides is 1. The first kappa shape index (κ1) is 20.4. The first-order valence-corrected chi connectivity index (χ1v) is 9.69. The van der Waals surface area contributed by atoms with Gasteiger partial charge in [-0.1, -0.05) is 18.2 Å². The molecule has 1 aliphatic heterocycles. The van der Waals surface area contributed by atoms with Crippen molar-refractivity contribution < 1.29 is 33.1 Å². The SMILES string of the molecule is C[C@@]1(F)[C@H](O)[C@@H](Cc2ccccc2OP(=O)(O)O)O[C@H]1n1ccc(=O)[nH]c1=O. The molecule has 10 nitrogen and oxygen atoms in total. The van der Waals surface area contributed by atoms with Crippen LogP contribution >= 0.6 is 7.82 Å². The van der Waals surface area contributed by atoms with Gasteiger partial charge >= 0.3 is 13.5 Å². The number of hydrogen-bond acceptors (Lipinski definition) is 6. The Morgan fingerprint density at radius 3 is 2.64 bits per heavy atom. The van der Waals surface area contributed by atoms with Crippen molar-refractivity contribution in [2.24, 2.45) is 0 Å². The van der Waals surface area contributed by atoms with Crippen molar-refractivity contribution >= 4 is 7.82 Å². The van der Waals surface area contributed by atoms with E-state index < -0.39 is 43.2 Å². The summed E-state index contributed by atoms with van der Waals surface area (Å²) in [6.07, 6.45) is -3.43. The molecule has 0 saturated carbocycles. The highest BCUT2D eigenvalue weighted by Crippen LogP contribution is 2.43. The van der Waals surface area contributed by atoms with Gasteiger partial charge in [-0.05, 0) is 18.6 Å². The van der Waals surface area contributed by atoms with Gasteiger partial charge in [0, 0.05) is 18.7 Å². The number of nitrogens with one attached hydrogen (secondary N) is 1. The molecule has 1 saturated heterocycles. The van der Waals surface area contributed by atoms with E-state index in [4.69, 9.17) is 14.5 Å². The molecule has 0 radical (unpaired) electrons. The summed E-state index contributed by atoms with van der Waals surface area (Å²) in [4.78, 5) is 43.2. The number of phosphoric acid groups is 1. The molecule has 1 fully saturated rings. The van der Waals surface area contributed by atoms with Crippen LogP contribution in [-0.4, -0.2) is 42.3 Å². The number of aromatic nitrogens is 2. The quantitative estimate of drug-likeness (QED) is 0.506. The second-order valence-corrected chi connectivity index (χ2v) is 7.70. The first-order chi connectivity index (χ1) is 13.0. The molecule has 28 heavy (non-hydrogen) atoms. The van der Waals surface area contributed by atoms with Crippen molar-refractivity contribution in [1.29, 1.82) is 0 Å². The molecular weight excluding hydrogens is 398 g/mol. The third kappa shape index (κ3) is 4.08. The average molecular weight is 416 g/mol. The number of aromatic amines is 1. The van der Waals surface area contributed by atoms with Crippen LogP contribution < -0.4 is 15.8 Å². The number of para-hydroxylation sites is 1. The summed E-state index contributed by atoms with van der Waals surface area (Å²) in [5.74, 6) is -0.142. The van der Waals surface area contributed by atoms with Crippen molar-refractivity contribution in [2.45, 2.75) is 37.4 Å². The van der Waals surface area contributed by atoms with Crippen LogP contribution in [-0.2, 0) is 15.7 Å². The highest BCUT2D eigenvalue weighted by molar-refractivity contribution is 7.46. The lowest BCUT2D eigenvalue weighted by Crippen LogP contribution is -2.43. The Bertz CT molecular complexity index is 1030. The summed E-state index contributed by atoms with van der Waals surface area (Å²) in [6, 6.07) is 6.87. The normalized spacial score (nSPS) is 27.7.